The van der Waals surface area contributed by atoms with Crippen molar-refractivity contribution in [3.63, 3.8) is 0 Å². The third-order valence-corrected chi connectivity index (χ3v) is 3.03. The van der Waals surface area contributed by atoms with E-state index in [1.165, 1.54) is 5.56 Å². The fraction of sp³-hybridized carbons (Fsp3) is 0.625. The predicted molar refractivity (Wildman–Crippen MR) is 81.1 cm³/mol. The highest BCUT2D eigenvalue weighted by molar-refractivity contribution is 5.36. The van der Waals surface area contributed by atoms with Gasteiger partial charge >= 0.3 is 0 Å². The second-order valence-corrected chi connectivity index (χ2v) is 4.90. The Morgan fingerprint density at radius 3 is 2.70 bits per heavy atom. The number of benzene rings is 1. The van der Waals surface area contributed by atoms with Crippen LogP contribution in [0.2, 0.25) is 0 Å². The lowest BCUT2D eigenvalue weighted by atomic mass is 10.1. The van der Waals surface area contributed by atoms with E-state index >= 15 is 0 Å². The summed E-state index contributed by atoms with van der Waals surface area (Å²) in [6, 6.07) is 6.23. The van der Waals surface area contributed by atoms with E-state index < -0.39 is 0 Å². The molecule has 0 spiro atoms. The third-order valence-electron chi connectivity index (χ3n) is 3.03. The van der Waals surface area contributed by atoms with Crippen LogP contribution in [0.1, 0.15) is 31.4 Å². The highest BCUT2D eigenvalue weighted by atomic mass is 16.5. The van der Waals surface area contributed by atoms with Crippen LogP contribution < -0.4 is 10.1 Å². The van der Waals surface area contributed by atoms with Gasteiger partial charge < -0.3 is 19.5 Å². The first kappa shape index (κ1) is 17.0. The van der Waals surface area contributed by atoms with Gasteiger partial charge in [-0.15, -0.1) is 0 Å². The maximum Gasteiger partial charge on any atom is 0.124 e. The molecule has 20 heavy (non-hydrogen) atoms. The van der Waals surface area contributed by atoms with Crippen molar-refractivity contribution in [3.05, 3.63) is 29.3 Å². The summed E-state index contributed by atoms with van der Waals surface area (Å²) in [5.41, 5.74) is 2.32. The molecule has 1 aromatic rings. The molecule has 0 aliphatic carbocycles. The number of methoxy groups -OCH3 is 2. The molecule has 1 N–H and O–H groups in total. The Morgan fingerprint density at radius 1 is 1.25 bits per heavy atom. The van der Waals surface area contributed by atoms with Crippen LogP contribution in [0, 0.1) is 0 Å². The van der Waals surface area contributed by atoms with Gasteiger partial charge in [-0.3, -0.25) is 0 Å². The molecule has 0 heterocycles. The van der Waals surface area contributed by atoms with Crippen LogP contribution in [0.3, 0.4) is 0 Å². The zero-order valence-electron chi connectivity index (χ0n) is 13.1. The monoisotopic (exact) mass is 281 g/mol. The molecule has 0 saturated heterocycles. The van der Waals surface area contributed by atoms with Crippen LogP contribution in [0.25, 0.3) is 0 Å². The van der Waals surface area contributed by atoms with Crippen LogP contribution in [-0.4, -0.2) is 33.5 Å². The predicted octanol–water partition coefficient (Wildman–Crippen LogP) is 2.75. The average molecular weight is 281 g/mol. The molecule has 0 fully saturated rings. The largest absolute Gasteiger partial charge is 0.496 e. The molecular weight excluding hydrogens is 254 g/mol. The van der Waals surface area contributed by atoms with E-state index in [4.69, 9.17) is 14.2 Å². The van der Waals surface area contributed by atoms with E-state index in [1.54, 1.807) is 14.2 Å². The van der Waals surface area contributed by atoms with Gasteiger partial charge in [-0.2, -0.15) is 0 Å². The normalized spacial score (nSPS) is 12.4. The van der Waals surface area contributed by atoms with Gasteiger partial charge in [0, 0.05) is 19.2 Å². The summed E-state index contributed by atoms with van der Waals surface area (Å²) in [7, 11) is 3.37. The third kappa shape index (κ3) is 5.90. The van der Waals surface area contributed by atoms with Gasteiger partial charge in [0.15, 0.2) is 0 Å². The molecule has 0 amide bonds. The molecular formula is C16H27NO3. The average Bonchev–Trinajstić information content (AvgIpc) is 2.46. The maximum absolute atomic E-state index is 5.77. The summed E-state index contributed by atoms with van der Waals surface area (Å²) < 4.78 is 16.2. The molecule has 1 atom stereocenters. The van der Waals surface area contributed by atoms with Crippen molar-refractivity contribution >= 4 is 0 Å². The zero-order valence-corrected chi connectivity index (χ0v) is 13.1. The Morgan fingerprint density at radius 2 is 2.05 bits per heavy atom. The molecule has 0 aliphatic heterocycles. The lowest BCUT2D eigenvalue weighted by Gasteiger charge is -2.15. The Hall–Kier alpha value is -1.10. The summed E-state index contributed by atoms with van der Waals surface area (Å²) >= 11 is 0. The van der Waals surface area contributed by atoms with Gasteiger partial charge in [0.1, 0.15) is 5.75 Å². The first-order chi connectivity index (χ1) is 9.71. The second-order valence-electron chi connectivity index (χ2n) is 4.90. The Bertz CT molecular complexity index is 382. The molecule has 0 aliphatic rings. The van der Waals surface area contributed by atoms with Crippen molar-refractivity contribution in [2.24, 2.45) is 0 Å². The lowest BCUT2D eigenvalue weighted by Crippen LogP contribution is -2.16. The van der Waals surface area contributed by atoms with E-state index in [1.807, 2.05) is 13.0 Å². The van der Waals surface area contributed by atoms with Gasteiger partial charge in [0.05, 0.1) is 26.4 Å². The summed E-state index contributed by atoms with van der Waals surface area (Å²) in [5, 5.41) is 3.40. The van der Waals surface area contributed by atoms with Gasteiger partial charge in [-0.1, -0.05) is 13.0 Å². The minimum atomic E-state index is 0.0755. The van der Waals surface area contributed by atoms with E-state index in [0.29, 0.717) is 13.2 Å². The number of nitrogens with one attached hydrogen (secondary N) is 1. The fourth-order valence-electron chi connectivity index (χ4n) is 1.98. The summed E-state index contributed by atoms with van der Waals surface area (Å²) in [5.74, 6) is 0.869. The van der Waals surface area contributed by atoms with Crippen molar-refractivity contribution in [3.8, 4) is 5.75 Å². The summed E-state index contributed by atoms with van der Waals surface area (Å²) in [6.45, 7) is 7.21. The zero-order chi connectivity index (χ0) is 14.8. The van der Waals surface area contributed by atoms with Crippen molar-refractivity contribution in [1.82, 2.24) is 5.32 Å². The van der Waals surface area contributed by atoms with E-state index in [2.05, 4.69) is 24.4 Å². The smallest absolute Gasteiger partial charge is 0.124 e. The van der Waals surface area contributed by atoms with E-state index in [-0.39, 0.29) is 6.10 Å². The molecule has 4 heteroatoms. The number of hydrogen-bond acceptors (Lipinski definition) is 4. The summed E-state index contributed by atoms with van der Waals surface area (Å²) in [6.07, 6.45) is 1.22. The maximum atomic E-state index is 5.77. The molecule has 0 radical (unpaired) electrons. The Labute approximate surface area is 122 Å². The summed E-state index contributed by atoms with van der Waals surface area (Å²) in [4.78, 5) is 0. The molecule has 1 unspecified atom stereocenters. The lowest BCUT2D eigenvalue weighted by molar-refractivity contribution is -0.000756. The highest BCUT2D eigenvalue weighted by Gasteiger charge is 2.08. The quantitative estimate of drug-likeness (QED) is 0.669. The molecule has 1 aromatic carbocycles. The van der Waals surface area contributed by atoms with Crippen LogP contribution in [0.15, 0.2) is 18.2 Å². The van der Waals surface area contributed by atoms with Crippen molar-refractivity contribution < 1.29 is 14.2 Å². The molecule has 114 valence electrons. The highest BCUT2D eigenvalue weighted by Crippen LogP contribution is 2.21. The van der Waals surface area contributed by atoms with Gasteiger partial charge in [0.2, 0.25) is 0 Å². The number of rotatable bonds is 10. The van der Waals surface area contributed by atoms with Gasteiger partial charge in [-0.25, -0.2) is 0 Å². The Balaban J connectivity index is 2.63. The van der Waals surface area contributed by atoms with Crippen molar-refractivity contribution in [2.75, 3.05) is 27.4 Å². The van der Waals surface area contributed by atoms with Gasteiger partial charge in [-0.05, 0) is 37.6 Å². The first-order valence-corrected chi connectivity index (χ1v) is 7.18. The van der Waals surface area contributed by atoms with Gasteiger partial charge in [0.25, 0.3) is 0 Å². The van der Waals surface area contributed by atoms with Crippen LogP contribution in [0.4, 0.5) is 0 Å². The molecule has 0 aromatic heterocycles. The standard InChI is InChI=1S/C16H27NO3/c1-5-8-17-10-14-6-7-16(19-4)15(9-14)12-20-13(2)11-18-3/h6-7,9,13,17H,5,8,10-12H2,1-4H3. The second kappa shape index (κ2) is 9.75. The molecule has 4 nitrogen and oxygen atoms in total. The minimum Gasteiger partial charge on any atom is -0.496 e. The molecule has 1 rings (SSSR count). The first-order valence-electron chi connectivity index (χ1n) is 7.18. The Kier molecular flexibility index (Phi) is 8.26. The van der Waals surface area contributed by atoms with E-state index in [0.717, 1.165) is 30.8 Å². The minimum absolute atomic E-state index is 0.0755. The molecule has 0 bridgehead atoms. The SMILES string of the molecule is CCCNCc1ccc(OC)c(COC(C)COC)c1. The van der Waals surface area contributed by atoms with Crippen LogP contribution >= 0.6 is 0 Å². The molecule has 0 saturated carbocycles. The fourth-order valence-corrected chi connectivity index (χ4v) is 1.98. The number of ether oxygens (including phenoxy) is 3. The number of hydrogen-bond donors (Lipinski definition) is 1. The van der Waals surface area contributed by atoms with E-state index in [9.17, 15) is 0 Å². The van der Waals surface area contributed by atoms with Crippen LogP contribution in [0.5, 0.6) is 5.75 Å². The topological polar surface area (TPSA) is 39.7 Å². The van der Waals surface area contributed by atoms with Crippen LogP contribution in [-0.2, 0) is 22.6 Å². The van der Waals surface area contributed by atoms with Crippen molar-refractivity contribution in [2.45, 2.75) is 39.5 Å². The van der Waals surface area contributed by atoms with Crippen molar-refractivity contribution in [1.29, 1.82) is 0 Å².